The van der Waals surface area contributed by atoms with Crippen molar-refractivity contribution in [2.75, 3.05) is 20.3 Å². The minimum Gasteiger partial charge on any atom is -0.461 e. The molecule has 0 saturated heterocycles. The van der Waals surface area contributed by atoms with E-state index < -0.39 is 8.07 Å². The minimum atomic E-state index is -1.80. The molecule has 2 N–H and O–H groups in total. The number of carbonyl (C=O) groups excluding carboxylic acids is 2. The molecule has 0 aliphatic carbocycles. The van der Waals surface area contributed by atoms with Gasteiger partial charge in [0.2, 0.25) is 0 Å². The molecule has 0 unspecified atom stereocenters. The Morgan fingerprint density at radius 2 is 1.38 bits per heavy atom. The first-order valence-corrected chi connectivity index (χ1v) is 20.7. The van der Waals surface area contributed by atoms with Gasteiger partial charge in [0.1, 0.15) is 27.1 Å². The maximum absolute atomic E-state index is 12.7. The summed E-state index contributed by atoms with van der Waals surface area (Å²) in [7, 11) is 0.171. The fraction of sp³-hybridized carbons (Fsp3) is 0.244. The molecule has 11 heteroatoms. The molecule has 52 heavy (non-hydrogen) atoms. The van der Waals surface area contributed by atoms with Crippen LogP contribution in [0.25, 0.3) is 11.1 Å². The maximum Gasteiger partial charge on any atom is 0.306 e. The summed E-state index contributed by atoms with van der Waals surface area (Å²) >= 11 is 0. The molecule has 6 heterocycles. The van der Waals surface area contributed by atoms with Gasteiger partial charge in [-0.3, -0.25) is 9.59 Å². The van der Waals surface area contributed by atoms with Gasteiger partial charge in [-0.2, -0.15) is 0 Å². The molecule has 10 nitrogen and oxygen atoms in total. The van der Waals surface area contributed by atoms with Crippen LogP contribution in [-0.2, 0) is 19.1 Å². The van der Waals surface area contributed by atoms with Crippen molar-refractivity contribution < 1.29 is 19.1 Å². The van der Waals surface area contributed by atoms with Crippen molar-refractivity contribution in [3.63, 3.8) is 0 Å². The highest BCUT2D eigenvalue weighted by atomic mass is 28.3. The van der Waals surface area contributed by atoms with E-state index in [1.165, 1.54) is 0 Å². The second kappa shape index (κ2) is 15.5. The first-order chi connectivity index (χ1) is 25.0. The number of H-pyrrole nitrogens is 1. The largest absolute Gasteiger partial charge is 0.461 e. The number of rotatable bonds is 10. The van der Waals surface area contributed by atoms with Crippen LogP contribution in [0.1, 0.15) is 37.1 Å². The van der Waals surface area contributed by atoms with E-state index in [4.69, 9.17) is 24.5 Å². The van der Waals surface area contributed by atoms with Gasteiger partial charge >= 0.3 is 11.9 Å². The van der Waals surface area contributed by atoms with E-state index in [1.807, 2.05) is 72.9 Å². The molecule has 0 amide bonds. The number of hydrogen-bond acceptors (Lipinski definition) is 9. The number of carbonyl (C=O) groups is 2. The van der Waals surface area contributed by atoms with E-state index in [2.05, 4.69) is 54.6 Å². The zero-order valence-electron chi connectivity index (χ0n) is 30.0. The molecule has 0 radical (unpaired) electrons. The average molecular weight is 711 g/mol. The number of nitrogens with zero attached hydrogens (tertiary/aromatic N) is 4. The van der Waals surface area contributed by atoms with Gasteiger partial charge in [-0.25, -0.2) is 15.0 Å². The quantitative estimate of drug-likeness (QED) is 0.119. The monoisotopic (exact) mass is 710 g/mol. The standard InChI is InChI=1S/C41H42N6O4Si/c1-7-24-50-38(48)19-9-27-30-11-13-34(43-30)29(21-26-52(4,5)6)35-14-12-31(44-35)28(10-20-39(49)51-25-8-2)33-16-18-37(46-33)40(36-17-15-32(27)45-36)41-42-22-23-47(41)3/h7-8,11-18,22-23,42,45H,1-2,9-10,19-20,24-25H2,3-6H3/b30-27?,33-28?,35-29?,41-40-. The first kappa shape index (κ1) is 35.8. The second-order valence-corrected chi connectivity index (χ2v) is 18.3. The predicted molar refractivity (Wildman–Crippen MR) is 210 cm³/mol. The van der Waals surface area contributed by atoms with E-state index >= 15 is 0 Å². The number of nitrogens with one attached hydrogen (secondary N) is 2. The lowest BCUT2D eigenvalue weighted by Gasteiger charge is -2.17. The number of aromatic nitrogens is 1. The number of aliphatic imine (C=N–C) groups is 3. The summed E-state index contributed by atoms with van der Waals surface area (Å²) < 4.78 is 10.6. The van der Waals surface area contributed by atoms with E-state index in [1.54, 1.807) is 12.2 Å². The predicted octanol–water partition coefficient (Wildman–Crippen LogP) is 6.85. The van der Waals surface area contributed by atoms with Crippen LogP contribution in [-0.4, -0.2) is 67.3 Å². The van der Waals surface area contributed by atoms with E-state index in [9.17, 15) is 9.59 Å². The smallest absolute Gasteiger partial charge is 0.306 e. The number of aromatic amines is 1. The highest BCUT2D eigenvalue weighted by Crippen LogP contribution is 2.35. The van der Waals surface area contributed by atoms with Crippen molar-refractivity contribution in [2.45, 2.75) is 45.3 Å². The fourth-order valence-electron chi connectivity index (χ4n) is 5.96. The van der Waals surface area contributed by atoms with Crippen molar-refractivity contribution in [3.8, 4) is 11.5 Å². The zero-order valence-corrected chi connectivity index (χ0v) is 31.0. The van der Waals surface area contributed by atoms with Crippen LogP contribution in [0, 0.1) is 11.5 Å². The number of esters is 2. The number of ether oxygens (including phenoxy) is 2. The van der Waals surface area contributed by atoms with Crippen LogP contribution in [0.2, 0.25) is 19.6 Å². The molecule has 0 fully saturated rings. The summed E-state index contributed by atoms with van der Waals surface area (Å²) in [6, 6.07) is 4.02. The van der Waals surface area contributed by atoms with Crippen LogP contribution >= 0.6 is 0 Å². The van der Waals surface area contributed by atoms with E-state index in [-0.39, 0.29) is 38.0 Å². The van der Waals surface area contributed by atoms with Gasteiger partial charge in [-0.1, -0.05) is 50.9 Å². The van der Waals surface area contributed by atoms with Gasteiger partial charge in [0, 0.05) is 49.1 Å². The molecule has 8 bridgehead atoms. The lowest BCUT2D eigenvalue weighted by Crippen LogP contribution is -2.19. The summed E-state index contributed by atoms with van der Waals surface area (Å²) in [6.07, 6.45) is 19.7. The molecular weight excluding hydrogens is 669 g/mol. The Kier molecular flexibility index (Phi) is 10.7. The van der Waals surface area contributed by atoms with Gasteiger partial charge in [0.25, 0.3) is 0 Å². The fourth-order valence-corrected chi connectivity index (χ4v) is 6.46. The summed E-state index contributed by atoms with van der Waals surface area (Å²) in [4.78, 5) is 46.4. The normalized spacial score (nSPS) is 18.7. The minimum absolute atomic E-state index is 0.148. The summed E-state index contributed by atoms with van der Waals surface area (Å²) in [5.41, 5.74) is 12.6. The number of allylic oxidation sites excluding steroid dienone is 10. The van der Waals surface area contributed by atoms with Crippen molar-refractivity contribution in [1.29, 1.82) is 0 Å². The number of fused-ring (bicyclic) bond motifs is 5. The highest BCUT2D eigenvalue weighted by molar-refractivity contribution is 6.84. The zero-order chi connectivity index (χ0) is 36.8. The van der Waals surface area contributed by atoms with Crippen molar-refractivity contribution >= 4 is 48.3 Å². The second-order valence-electron chi connectivity index (χ2n) is 13.5. The van der Waals surface area contributed by atoms with Crippen molar-refractivity contribution in [3.05, 3.63) is 132 Å². The lowest BCUT2D eigenvalue weighted by atomic mass is 10.0. The molecule has 0 aromatic carbocycles. The Bertz CT molecular complexity index is 2140. The van der Waals surface area contributed by atoms with Gasteiger partial charge in [-0.15, -0.1) is 5.54 Å². The third-order valence-corrected chi connectivity index (χ3v) is 9.32. The third-order valence-electron chi connectivity index (χ3n) is 8.45. The molecular formula is C41H42N6O4Si. The van der Waals surface area contributed by atoms with Crippen LogP contribution in [0.4, 0.5) is 0 Å². The first-order valence-electron chi connectivity index (χ1n) is 17.2. The van der Waals surface area contributed by atoms with E-state index in [0.29, 0.717) is 41.2 Å². The molecule has 5 aliphatic rings. The molecule has 0 spiro atoms. The molecule has 1 aromatic heterocycles. The van der Waals surface area contributed by atoms with Crippen molar-refractivity contribution in [2.24, 2.45) is 15.0 Å². The Labute approximate surface area is 305 Å². The topological polar surface area (TPSA) is 121 Å². The Hall–Kier alpha value is -5.99. The highest BCUT2D eigenvalue weighted by Gasteiger charge is 2.27. The molecule has 0 saturated carbocycles. The Morgan fingerprint density at radius 1 is 0.808 bits per heavy atom. The maximum atomic E-state index is 12.7. The average Bonchev–Trinajstić information content (AvgIpc) is 3.96. The Morgan fingerprint density at radius 3 is 2.04 bits per heavy atom. The van der Waals surface area contributed by atoms with E-state index in [0.717, 1.165) is 45.3 Å². The molecule has 1 aromatic rings. The molecule has 6 rings (SSSR count). The van der Waals surface area contributed by atoms with Crippen LogP contribution < -0.4 is 5.32 Å². The number of hydrogen-bond donors (Lipinski definition) is 2. The van der Waals surface area contributed by atoms with Crippen LogP contribution in [0.3, 0.4) is 0 Å². The summed E-state index contributed by atoms with van der Waals surface area (Å²) in [6.45, 7) is 14.2. The van der Waals surface area contributed by atoms with Gasteiger partial charge in [0.05, 0.1) is 51.1 Å². The Balaban J connectivity index is 1.56. The van der Waals surface area contributed by atoms with Crippen LogP contribution in [0.15, 0.2) is 135 Å². The van der Waals surface area contributed by atoms with Gasteiger partial charge < -0.3 is 24.7 Å². The summed E-state index contributed by atoms with van der Waals surface area (Å²) in [5, 5.41) is 3.37. The third kappa shape index (κ3) is 8.14. The SMILES string of the molecule is C=CCOC(=O)CCC1=C2C=CC(=N2)/C(=C2/NC=CN2C)c2ccc([nH]2)C(CCC(=O)OCC=C)=C2C=CC(=N2)C(C#C[Si](C)(C)C)=C2C=CC1=N2. The molecule has 5 aliphatic heterocycles. The van der Waals surface area contributed by atoms with Crippen molar-refractivity contribution in [1.82, 2.24) is 15.2 Å². The van der Waals surface area contributed by atoms with Gasteiger partial charge in [-0.05, 0) is 61.4 Å². The summed E-state index contributed by atoms with van der Waals surface area (Å²) in [5.74, 6) is 3.63. The molecule has 264 valence electrons. The lowest BCUT2D eigenvalue weighted by molar-refractivity contribution is -0.143. The molecule has 0 atom stereocenters. The van der Waals surface area contributed by atoms with Crippen LogP contribution in [0.5, 0.6) is 0 Å². The van der Waals surface area contributed by atoms with Gasteiger partial charge in [0.15, 0.2) is 0 Å².